The summed E-state index contributed by atoms with van der Waals surface area (Å²) in [5, 5.41) is 0.754. The van der Waals surface area contributed by atoms with Crippen LogP contribution in [0.2, 0.25) is 0 Å². The minimum Gasteiger partial charge on any atom is -0.323 e. The van der Waals surface area contributed by atoms with Gasteiger partial charge in [0.2, 0.25) is 0 Å². The highest BCUT2D eigenvalue weighted by Gasteiger charge is 2.24. The summed E-state index contributed by atoms with van der Waals surface area (Å²) in [6, 6.07) is 11.4. The Morgan fingerprint density at radius 3 is 2.50 bits per heavy atom. The molecule has 0 saturated heterocycles. The number of nitrogens with zero attached hydrogens (tertiary/aromatic N) is 2. The molecular weight excluding hydrogens is 322 g/mol. The van der Waals surface area contributed by atoms with Gasteiger partial charge < -0.3 is 5.73 Å². The van der Waals surface area contributed by atoms with E-state index < -0.39 is 16.1 Å². The van der Waals surface area contributed by atoms with E-state index in [9.17, 15) is 8.42 Å². The summed E-state index contributed by atoms with van der Waals surface area (Å²) in [5.74, 6) is 0. The van der Waals surface area contributed by atoms with Crippen LogP contribution in [0.4, 0.5) is 0 Å². The van der Waals surface area contributed by atoms with Gasteiger partial charge in [0, 0.05) is 23.8 Å². The van der Waals surface area contributed by atoms with Crippen molar-refractivity contribution in [2.75, 3.05) is 0 Å². The van der Waals surface area contributed by atoms with Gasteiger partial charge >= 0.3 is 0 Å². The molecular formula is C15H16ClN3O2S. The molecule has 7 heteroatoms. The monoisotopic (exact) mass is 337 g/mol. The van der Waals surface area contributed by atoms with E-state index in [1.165, 1.54) is 3.97 Å². The Bertz CT molecular complexity index is 890. The van der Waals surface area contributed by atoms with Crippen molar-refractivity contribution in [3.05, 3.63) is 60.6 Å². The number of fused-ring (bicyclic) bond motifs is 1. The number of nitrogens with two attached hydrogens (primary N) is 1. The molecule has 3 aromatic rings. The molecule has 1 unspecified atom stereocenters. The zero-order chi connectivity index (χ0) is 15.0. The molecule has 5 nitrogen and oxygen atoms in total. The minimum atomic E-state index is -3.69. The van der Waals surface area contributed by atoms with E-state index in [4.69, 9.17) is 5.73 Å². The van der Waals surface area contributed by atoms with Crippen LogP contribution in [0.3, 0.4) is 0 Å². The molecule has 2 heterocycles. The lowest BCUT2D eigenvalue weighted by Crippen LogP contribution is -2.19. The summed E-state index contributed by atoms with van der Waals surface area (Å²) in [5.41, 5.74) is 7.08. The van der Waals surface area contributed by atoms with E-state index >= 15 is 0 Å². The molecule has 0 aliphatic rings. The average molecular weight is 338 g/mol. The molecule has 1 atom stereocenters. The van der Waals surface area contributed by atoms with Crippen LogP contribution in [0.5, 0.6) is 0 Å². The molecule has 0 aliphatic heterocycles. The quantitative estimate of drug-likeness (QED) is 0.797. The molecule has 0 aliphatic carbocycles. The predicted octanol–water partition coefficient (Wildman–Crippen LogP) is 2.71. The molecule has 2 aromatic heterocycles. The Morgan fingerprint density at radius 2 is 1.86 bits per heavy atom. The van der Waals surface area contributed by atoms with Crippen LogP contribution in [0, 0.1) is 0 Å². The minimum absolute atomic E-state index is 0. The molecule has 22 heavy (non-hydrogen) atoms. The molecule has 2 N–H and O–H groups in total. The van der Waals surface area contributed by atoms with E-state index in [-0.39, 0.29) is 17.3 Å². The first-order chi connectivity index (χ1) is 10.0. The summed E-state index contributed by atoms with van der Waals surface area (Å²) in [4.78, 5) is 4.27. The maximum Gasteiger partial charge on any atom is 0.268 e. The number of halogens is 1. The summed E-state index contributed by atoms with van der Waals surface area (Å²) < 4.78 is 27.2. The van der Waals surface area contributed by atoms with Crippen LogP contribution in [0.1, 0.15) is 18.7 Å². The Hall–Kier alpha value is -1.89. The van der Waals surface area contributed by atoms with Crippen molar-refractivity contribution in [2.45, 2.75) is 17.9 Å². The van der Waals surface area contributed by atoms with Crippen LogP contribution in [0.15, 0.2) is 59.8 Å². The normalized spacial score (nSPS) is 12.8. The lowest BCUT2D eigenvalue weighted by molar-refractivity contribution is 0.584. The average Bonchev–Trinajstić information content (AvgIpc) is 2.88. The van der Waals surface area contributed by atoms with Gasteiger partial charge in [0.25, 0.3) is 10.0 Å². The third kappa shape index (κ3) is 2.61. The van der Waals surface area contributed by atoms with E-state index in [0.717, 1.165) is 5.39 Å². The number of aromatic nitrogens is 2. The van der Waals surface area contributed by atoms with Gasteiger partial charge in [-0.1, -0.05) is 18.2 Å². The fraction of sp³-hybridized carbons (Fsp3) is 0.133. The topological polar surface area (TPSA) is 78.0 Å². The van der Waals surface area contributed by atoms with E-state index in [1.807, 2.05) is 0 Å². The van der Waals surface area contributed by atoms with Crippen LogP contribution >= 0.6 is 12.4 Å². The van der Waals surface area contributed by atoms with Gasteiger partial charge in [-0.15, -0.1) is 12.4 Å². The molecule has 0 spiro atoms. The molecule has 0 amide bonds. The lowest BCUT2D eigenvalue weighted by atomic mass is 10.2. The zero-order valence-corrected chi connectivity index (χ0v) is 13.5. The first-order valence-electron chi connectivity index (χ1n) is 6.53. The molecule has 0 saturated carbocycles. The summed E-state index contributed by atoms with van der Waals surface area (Å²) in [6.07, 6.45) is 3.21. The molecule has 0 radical (unpaired) electrons. The van der Waals surface area contributed by atoms with Gasteiger partial charge in [-0.2, -0.15) is 0 Å². The number of rotatable bonds is 3. The van der Waals surface area contributed by atoms with Crippen LogP contribution in [0.25, 0.3) is 10.9 Å². The van der Waals surface area contributed by atoms with Crippen molar-refractivity contribution in [3.63, 3.8) is 0 Å². The summed E-state index contributed by atoms with van der Waals surface area (Å²) >= 11 is 0. The Labute approximate surface area is 135 Å². The molecule has 116 valence electrons. The Kier molecular flexibility index (Phi) is 4.55. The fourth-order valence-corrected chi connectivity index (χ4v) is 3.97. The van der Waals surface area contributed by atoms with Gasteiger partial charge in [0.15, 0.2) is 0 Å². The number of benzene rings is 1. The van der Waals surface area contributed by atoms with Crippen LogP contribution < -0.4 is 5.73 Å². The second-order valence-electron chi connectivity index (χ2n) is 4.87. The van der Waals surface area contributed by atoms with E-state index in [0.29, 0.717) is 11.2 Å². The second kappa shape index (κ2) is 6.08. The van der Waals surface area contributed by atoms with Crippen LogP contribution in [-0.4, -0.2) is 17.4 Å². The first-order valence-corrected chi connectivity index (χ1v) is 7.97. The van der Waals surface area contributed by atoms with E-state index in [1.54, 1.807) is 61.8 Å². The summed E-state index contributed by atoms with van der Waals surface area (Å²) in [6.45, 7) is 1.76. The fourth-order valence-electron chi connectivity index (χ4n) is 2.34. The highest BCUT2D eigenvalue weighted by molar-refractivity contribution is 7.90. The Morgan fingerprint density at radius 1 is 1.18 bits per heavy atom. The van der Waals surface area contributed by atoms with E-state index in [2.05, 4.69) is 4.98 Å². The van der Waals surface area contributed by atoms with Gasteiger partial charge in [0.1, 0.15) is 0 Å². The number of hydrogen-bond donors (Lipinski definition) is 1. The van der Waals surface area contributed by atoms with Gasteiger partial charge in [-0.3, -0.25) is 4.98 Å². The predicted molar refractivity (Wildman–Crippen MR) is 88.6 cm³/mol. The largest absolute Gasteiger partial charge is 0.323 e. The van der Waals surface area contributed by atoms with Gasteiger partial charge in [-0.25, -0.2) is 12.4 Å². The van der Waals surface area contributed by atoms with Crippen molar-refractivity contribution in [1.29, 1.82) is 0 Å². The highest BCUT2D eigenvalue weighted by Crippen LogP contribution is 2.27. The SMILES string of the molecule is CC(N)c1cc2cnccc2n1S(=O)(=O)c1ccccc1.Cl. The molecule has 3 rings (SSSR count). The first kappa shape index (κ1) is 16.5. The highest BCUT2D eigenvalue weighted by atomic mass is 35.5. The number of hydrogen-bond acceptors (Lipinski definition) is 4. The van der Waals surface area contributed by atoms with Gasteiger partial charge in [-0.05, 0) is 31.2 Å². The molecule has 1 aromatic carbocycles. The second-order valence-corrected chi connectivity index (χ2v) is 6.66. The third-order valence-corrected chi connectivity index (χ3v) is 5.09. The van der Waals surface area contributed by atoms with Gasteiger partial charge in [0.05, 0.1) is 16.1 Å². The Balaban J connectivity index is 0.00000176. The zero-order valence-electron chi connectivity index (χ0n) is 11.9. The number of pyridine rings is 1. The lowest BCUT2D eigenvalue weighted by Gasteiger charge is -2.13. The van der Waals surface area contributed by atoms with Crippen molar-refractivity contribution < 1.29 is 8.42 Å². The van der Waals surface area contributed by atoms with Crippen molar-refractivity contribution in [3.8, 4) is 0 Å². The van der Waals surface area contributed by atoms with Crippen molar-refractivity contribution in [1.82, 2.24) is 8.96 Å². The maximum absolute atomic E-state index is 12.9. The van der Waals surface area contributed by atoms with Crippen molar-refractivity contribution >= 4 is 33.3 Å². The summed E-state index contributed by atoms with van der Waals surface area (Å²) in [7, 11) is -3.69. The van der Waals surface area contributed by atoms with Crippen LogP contribution in [-0.2, 0) is 10.0 Å². The maximum atomic E-state index is 12.9. The van der Waals surface area contributed by atoms with Crippen molar-refractivity contribution in [2.24, 2.45) is 5.73 Å². The molecule has 0 fully saturated rings. The standard InChI is InChI=1S/C15H15N3O2S.ClH/c1-11(16)15-9-12-10-17-8-7-14(12)18(15)21(19,20)13-5-3-2-4-6-13;/h2-11H,16H2,1H3;1H. The smallest absolute Gasteiger partial charge is 0.268 e. The molecule has 0 bridgehead atoms. The third-order valence-electron chi connectivity index (χ3n) is 3.33.